The number of hydrogen-bond donors (Lipinski definition) is 2. The van der Waals surface area contributed by atoms with Crippen molar-refractivity contribution in [1.29, 1.82) is 0 Å². The smallest absolute Gasteiger partial charge is 0.362 e. The van der Waals surface area contributed by atoms with Gasteiger partial charge in [-0.05, 0) is 18.1 Å². The Morgan fingerprint density at radius 2 is 2.31 bits per heavy atom. The molecule has 1 aliphatic carbocycles. The Kier molecular flexibility index (Phi) is 5.49. The lowest BCUT2D eigenvalue weighted by Gasteiger charge is -2.24. The van der Waals surface area contributed by atoms with E-state index in [2.05, 4.69) is 32.6 Å². The third-order valence-corrected chi connectivity index (χ3v) is 6.06. The van der Waals surface area contributed by atoms with Crippen molar-refractivity contribution in [2.45, 2.75) is 36.7 Å². The van der Waals surface area contributed by atoms with Crippen molar-refractivity contribution >= 4 is 11.7 Å². The van der Waals surface area contributed by atoms with Crippen LogP contribution in [-0.2, 0) is 15.9 Å². The molecule has 1 saturated heterocycles. The first kappa shape index (κ1) is 20.8. The number of hydrogen-bond acceptors (Lipinski definition) is 8. The lowest BCUT2D eigenvalue weighted by Crippen LogP contribution is -2.45. The van der Waals surface area contributed by atoms with Crippen molar-refractivity contribution in [1.82, 2.24) is 15.6 Å². The van der Waals surface area contributed by atoms with Crippen LogP contribution in [0.4, 0.5) is 0 Å². The molecule has 9 heteroatoms. The minimum atomic E-state index is -0.193. The van der Waals surface area contributed by atoms with Crippen molar-refractivity contribution in [2.75, 3.05) is 40.9 Å². The van der Waals surface area contributed by atoms with Crippen LogP contribution in [0, 0.1) is 12.0 Å². The van der Waals surface area contributed by atoms with Crippen LogP contribution in [0.15, 0.2) is 29.4 Å². The van der Waals surface area contributed by atoms with Gasteiger partial charge in [-0.15, -0.1) is 0 Å². The predicted octanol–water partition coefficient (Wildman–Crippen LogP) is 0.0992. The summed E-state index contributed by atoms with van der Waals surface area (Å²) in [6.45, 7) is 2.45. The Hall–Kier alpha value is -3.09. The number of aromatic nitrogens is 1. The van der Waals surface area contributed by atoms with Crippen LogP contribution in [0.2, 0.25) is 0 Å². The molecule has 4 heterocycles. The third kappa shape index (κ3) is 4.04. The van der Waals surface area contributed by atoms with E-state index in [0.717, 1.165) is 43.3 Å². The maximum Gasteiger partial charge on any atom is 0.362 e. The van der Waals surface area contributed by atoms with Crippen LogP contribution >= 0.6 is 0 Å². The van der Waals surface area contributed by atoms with Crippen molar-refractivity contribution in [3.8, 4) is 23.6 Å². The minimum absolute atomic E-state index is 0.0557. The molecular formula is C23H28N5O4+. The average molecular weight is 439 g/mol. The second-order valence-corrected chi connectivity index (χ2v) is 8.50. The number of pyridine rings is 1. The zero-order valence-corrected chi connectivity index (χ0v) is 18.6. The second-order valence-electron chi connectivity index (χ2n) is 8.50. The zero-order chi connectivity index (χ0) is 22.1. The SMILES string of the molecule is COc1nccc2c1CC(C1C#CN=C(/C=C\C(O[C@@H]3CC34CNCCO4)=[N+](C)C)N1)O2. The highest BCUT2D eigenvalue weighted by Crippen LogP contribution is 2.43. The van der Waals surface area contributed by atoms with Gasteiger partial charge in [0.1, 0.15) is 49.5 Å². The fourth-order valence-corrected chi connectivity index (χ4v) is 4.19. The molecule has 0 radical (unpaired) electrons. The normalized spacial score (nSPS) is 29.8. The van der Waals surface area contributed by atoms with Gasteiger partial charge in [0.05, 0.1) is 25.4 Å². The molecule has 168 valence electrons. The largest absolute Gasteiger partial charge is 0.486 e. The van der Waals surface area contributed by atoms with E-state index in [0.29, 0.717) is 18.1 Å². The molecule has 1 aromatic rings. The van der Waals surface area contributed by atoms with Crippen molar-refractivity contribution in [3.63, 3.8) is 0 Å². The number of nitrogens with one attached hydrogen (secondary N) is 2. The van der Waals surface area contributed by atoms with E-state index < -0.39 is 0 Å². The quantitative estimate of drug-likeness (QED) is 0.292. The van der Waals surface area contributed by atoms with Crippen LogP contribution < -0.4 is 20.1 Å². The summed E-state index contributed by atoms with van der Waals surface area (Å²) in [4.78, 5) is 8.55. The number of amidine groups is 1. The maximum absolute atomic E-state index is 6.23. The average Bonchev–Trinajstić information content (AvgIpc) is 3.26. The summed E-state index contributed by atoms with van der Waals surface area (Å²) in [7, 11) is 5.53. The van der Waals surface area contributed by atoms with E-state index >= 15 is 0 Å². The molecule has 32 heavy (non-hydrogen) atoms. The summed E-state index contributed by atoms with van der Waals surface area (Å²) in [5.41, 5.74) is 0.785. The molecule has 5 rings (SSSR count). The van der Waals surface area contributed by atoms with Crippen molar-refractivity contribution < 1.29 is 23.5 Å². The molecule has 2 fully saturated rings. The number of ether oxygens (including phenoxy) is 4. The van der Waals surface area contributed by atoms with Gasteiger partial charge in [0.25, 0.3) is 0 Å². The molecular weight excluding hydrogens is 410 g/mol. The Morgan fingerprint density at radius 1 is 1.41 bits per heavy atom. The van der Waals surface area contributed by atoms with E-state index in [9.17, 15) is 0 Å². The molecule has 0 aromatic carbocycles. The summed E-state index contributed by atoms with van der Waals surface area (Å²) < 4.78 is 25.6. The molecule has 3 aliphatic heterocycles. The summed E-state index contributed by atoms with van der Waals surface area (Å²) in [5, 5.41) is 6.75. The van der Waals surface area contributed by atoms with Crippen LogP contribution in [0.3, 0.4) is 0 Å². The molecule has 9 nitrogen and oxygen atoms in total. The van der Waals surface area contributed by atoms with Crippen molar-refractivity contribution in [3.05, 3.63) is 30.0 Å². The van der Waals surface area contributed by atoms with Gasteiger partial charge >= 0.3 is 5.90 Å². The van der Waals surface area contributed by atoms with E-state index in [4.69, 9.17) is 18.9 Å². The minimum Gasteiger partial charge on any atom is -0.486 e. The molecule has 1 spiro atoms. The highest BCUT2D eigenvalue weighted by atomic mass is 16.6. The number of aliphatic imine (C=N–C) groups is 1. The molecule has 4 aliphatic rings. The molecule has 4 atom stereocenters. The summed E-state index contributed by atoms with van der Waals surface area (Å²) in [6, 6.07) is 4.54. The molecule has 3 unspecified atom stereocenters. The number of rotatable bonds is 5. The van der Waals surface area contributed by atoms with Crippen LogP contribution in [0.5, 0.6) is 11.6 Å². The highest BCUT2D eigenvalue weighted by molar-refractivity contribution is 5.99. The predicted molar refractivity (Wildman–Crippen MR) is 118 cm³/mol. The standard InChI is InChI=1S/C23H28N5O4/c1-28(2)21(32-19-13-23(19)14-24-10-11-30-23)5-4-20-25-8-6-16(27-20)18-12-15-17(31-18)7-9-26-22(15)29-3/h4-5,7,9,16,18-19,24H,10-14H2,1-3H3,(H,25,27)/q+1/b5-4-/t16?,18?,19-,23?/m1/s1. The topological polar surface area (TPSA) is 89.2 Å². The second kappa shape index (κ2) is 8.45. The van der Waals surface area contributed by atoms with Crippen LogP contribution in [0.1, 0.15) is 12.0 Å². The number of fused-ring (bicyclic) bond motifs is 1. The van der Waals surface area contributed by atoms with Crippen molar-refractivity contribution in [2.24, 2.45) is 4.99 Å². The molecule has 1 saturated carbocycles. The monoisotopic (exact) mass is 438 g/mol. The fraction of sp³-hybridized carbons (Fsp3) is 0.522. The van der Waals surface area contributed by atoms with E-state index in [1.54, 1.807) is 13.3 Å². The van der Waals surface area contributed by atoms with E-state index in [1.165, 1.54) is 0 Å². The summed E-state index contributed by atoms with van der Waals surface area (Å²) >= 11 is 0. The Labute approximate surface area is 187 Å². The molecule has 0 bridgehead atoms. The van der Waals surface area contributed by atoms with E-state index in [-0.39, 0.29) is 23.9 Å². The van der Waals surface area contributed by atoms with Gasteiger partial charge in [-0.3, -0.25) is 0 Å². The molecule has 1 aromatic heterocycles. The number of methoxy groups -OCH3 is 1. The fourth-order valence-electron chi connectivity index (χ4n) is 4.19. The van der Waals surface area contributed by atoms with Gasteiger partial charge in [0.15, 0.2) is 0 Å². The van der Waals surface area contributed by atoms with Gasteiger partial charge in [-0.1, -0.05) is 0 Å². The van der Waals surface area contributed by atoms with Gasteiger partial charge in [-0.25, -0.2) is 9.56 Å². The maximum atomic E-state index is 6.23. The van der Waals surface area contributed by atoms with Crippen LogP contribution in [0.25, 0.3) is 0 Å². The first-order valence-corrected chi connectivity index (χ1v) is 10.8. The Bertz CT molecular complexity index is 1040. The molecule has 2 N–H and O–H groups in total. The van der Waals surface area contributed by atoms with Crippen LogP contribution in [-0.4, -0.2) is 86.0 Å². The Balaban J connectivity index is 1.21. The lowest BCUT2D eigenvalue weighted by atomic mass is 10.0. The first-order valence-electron chi connectivity index (χ1n) is 10.8. The van der Waals surface area contributed by atoms with E-state index in [1.807, 2.05) is 36.9 Å². The van der Waals surface area contributed by atoms with Gasteiger partial charge in [0, 0.05) is 38.2 Å². The van der Waals surface area contributed by atoms with Gasteiger partial charge in [-0.2, -0.15) is 4.99 Å². The number of morpholine rings is 1. The number of nitrogens with zero attached hydrogens (tertiary/aromatic N) is 3. The van der Waals surface area contributed by atoms with Gasteiger partial charge in [0.2, 0.25) is 5.88 Å². The third-order valence-electron chi connectivity index (χ3n) is 6.06. The Morgan fingerprint density at radius 3 is 3.09 bits per heavy atom. The highest BCUT2D eigenvalue weighted by Gasteiger charge is 2.59. The summed E-state index contributed by atoms with van der Waals surface area (Å²) in [5.74, 6) is 5.92. The summed E-state index contributed by atoms with van der Waals surface area (Å²) in [6.07, 6.45) is 6.96. The molecule has 0 amide bonds. The van der Waals surface area contributed by atoms with Gasteiger partial charge < -0.3 is 29.6 Å². The first-order chi connectivity index (χ1) is 15.6. The lowest BCUT2D eigenvalue weighted by molar-refractivity contribution is -0.473. The zero-order valence-electron chi connectivity index (χ0n) is 18.6.